The average Bonchev–Trinajstić information content (AvgIpc) is 2.10. The molecule has 0 atom stereocenters. The zero-order chi connectivity index (χ0) is 6.97. The number of aryl methyl sites for hydroxylation is 1. The lowest BCUT2D eigenvalue weighted by atomic mass is 9.94. The van der Waals surface area contributed by atoms with E-state index < -0.39 is 0 Å². The summed E-state index contributed by atoms with van der Waals surface area (Å²) >= 11 is 0. The molecule has 0 aliphatic heterocycles. The SMILES string of the molecule is Cc1ncn(C2CCC2)n1. The van der Waals surface area contributed by atoms with Gasteiger partial charge in [-0.15, -0.1) is 0 Å². The Kier molecular flexibility index (Phi) is 1.22. The molecule has 0 bridgehead atoms. The van der Waals surface area contributed by atoms with Crippen LogP contribution in [0.25, 0.3) is 0 Å². The van der Waals surface area contributed by atoms with E-state index in [2.05, 4.69) is 10.1 Å². The lowest BCUT2D eigenvalue weighted by Crippen LogP contribution is -2.17. The summed E-state index contributed by atoms with van der Waals surface area (Å²) in [5.74, 6) is 0.881. The van der Waals surface area contributed by atoms with Crippen molar-refractivity contribution in [1.29, 1.82) is 0 Å². The Hall–Kier alpha value is -0.860. The number of rotatable bonds is 1. The molecule has 0 aromatic carbocycles. The lowest BCUT2D eigenvalue weighted by molar-refractivity contribution is 0.288. The second-order valence-electron chi connectivity index (χ2n) is 2.86. The van der Waals surface area contributed by atoms with E-state index in [-0.39, 0.29) is 0 Å². The summed E-state index contributed by atoms with van der Waals surface area (Å²) in [6.07, 6.45) is 5.74. The molecule has 1 aliphatic rings. The Bertz CT molecular complexity index is 225. The van der Waals surface area contributed by atoms with Gasteiger partial charge in [0.2, 0.25) is 0 Å². The number of hydrogen-bond acceptors (Lipinski definition) is 2. The summed E-state index contributed by atoms with van der Waals surface area (Å²) in [5, 5.41) is 4.24. The zero-order valence-corrected chi connectivity index (χ0v) is 6.12. The summed E-state index contributed by atoms with van der Waals surface area (Å²) in [4.78, 5) is 4.07. The Labute approximate surface area is 60.1 Å². The minimum absolute atomic E-state index is 0.654. The highest BCUT2D eigenvalue weighted by atomic mass is 15.3. The molecule has 1 aromatic heterocycles. The molecule has 1 aliphatic carbocycles. The molecular weight excluding hydrogens is 126 g/mol. The van der Waals surface area contributed by atoms with Crippen LogP contribution in [0.2, 0.25) is 0 Å². The highest BCUT2D eigenvalue weighted by Gasteiger charge is 2.19. The van der Waals surface area contributed by atoms with Crippen molar-refractivity contribution >= 4 is 0 Å². The monoisotopic (exact) mass is 137 g/mol. The largest absolute Gasteiger partial charge is 0.250 e. The Morgan fingerprint density at radius 1 is 1.60 bits per heavy atom. The molecule has 1 heterocycles. The first-order chi connectivity index (χ1) is 4.86. The van der Waals surface area contributed by atoms with Gasteiger partial charge < -0.3 is 0 Å². The zero-order valence-electron chi connectivity index (χ0n) is 6.12. The highest BCUT2D eigenvalue weighted by Crippen LogP contribution is 2.30. The number of aromatic nitrogens is 3. The van der Waals surface area contributed by atoms with Crippen LogP contribution in [0.5, 0.6) is 0 Å². The molecular formula is C7H11N3. The first kappa shape index (κ1) is 5.89. The fourth-order valence-corrected chi connectivity index (χ4v) is 1.19. The highest BCUT2D eigenvalue weighted by molar-refractivity contribution is 4.81. The molecule has 1 saturated carbocycles. The molecule has 0 saturated heterocycles. The summed E-state index contributed by atoms with van der Waals surface area (Å²) in [6.45, 7) is 1.93. The third kappa shape index (κ3) is 0.818. The van der Waals surface area contributed by atoms with Gasteiger partial charge in [0, 0.05) is 0 Å². The van der Waals surface area contributed by atoms with Crippen LogP contribution in [0.15, 0.2) is 6.33 Å². The van der Waals surface area contributed by atoms with Crippen LogP contribution >= 0.6 is 0 Å². The smallest absolute Gasteiger partial charge is 0.147 e. The van der Waals surface area contributed by atoms with Gasteiger partial charge in [0.15, 0.2) is 0 Å². The topological polar surface area (TPSA) is 30.7 Å². The quantitative estimate of drug-likeness (QED) is 0.584. The van der Waals surface area contributed by atoms with Gasteiger partial charge in [-0.3, -0.25) is 0 Å². The van der Waals surface area contributed by atoms with E-state index in [0.29, 0.717) is 6.04 Å². The minimum atomic E-state index is 0.654. The van der Waals surface area contributed by atoms with Gasteiger partial charge in [0.05, 0.1) is 6.04 Å². The van der Waals surface area contributed by atoms with Gasteiger partial charge in [0.25, 0.3) is 0 Å². The van der Waals surface area contributed by atoms with Crippen LogP contribution in [-0.2, 0) is 0 Å². The van der Waals surface area contributed by atoms with Crippen LogP contribution in [0.1, 0.15) is 31.1 Å². The number of nitrogens with zero attached hydrogens (tertiary/aromatic N) is 3. The van der Waals surface area contributed by atoms with E-state index in [4.69, 9.17) is 0 Å². The Morgan fingerprint density at radius 3 is 2.80 bits per heavy atom. The molecule has 0 unspecified atom stereocenters. The molecule has 0 radical (unpaired) electrons. The maximum absolute atomic E-state index is 4.24. The van der Waals surface area contributed by atoms with Gasteiger partial charge in [-0.1, -0.05) is 0 Å². The minimum Gasteiger partial charge on any atom is -0.250 e. The molecule has 2 rings (SSSR count). The van der Waals surface area contributed by atoms with Crippen molar-refractivity contribution in [3.8, 4) is 0 Å². The van der Waals surface area contributed by atoms with Crippen LogP contribution in [0.3, 0.4) is 0 Å². The molecule has 1 fully saturated rings. The van der Waals surface area contributed by atoms with E-state index >= 15 is 0 Å². The molecule has 10 heavy (non-hydrogen) atoms. The fraction of sp³-hybridized carbons (Fsp3) is 0.714. The first-order valence-electron chi connectivity index (χ1n) is 3.74. The second kappa shape index (κ2) is 2.08. The molecule has 0 amide bonds. The predicted molar refractivity (Wildman–Crippen MR) is 37.6 cm³/mol. The van der Waals surface area contributed by atoms with E-state index in [1.807, 2.05) is 17.9 Å². The summed E-state index contributed by atoms with van der Waals surface area (Å²) in [6, 6.07) is 0.654. The van der Waals surface area contributed by atoms with Crippen molar-refractivity contribution in [3.63, 3.8) is 0 Å². The molecule has 1 aromatic rings. The summed E-state index contributed by atoms with van der Waals surface area (Å²) in [5.41, 5.74) is 0. The van der Waals surface area contributed by atoms with Gasteiger partial charge in [-0.2, -0.15) is 5.10 Å². The van der Waals surface area contributed by atoms with Crippen molar-refractivity contribution in [2.24, 2.45) is 0 Å². The van der Waals surface area contributed by atoms with Gasteiger partial charge >= 0.3 is 0 Å². The molecule has 54 valence electrons. The molecule has 3 nitrogen and oxygen atoms in total. The van der Waals surface area contributed by atoms with E-state index in [1.165, 1.54) is 19.3 Å². The third-order valence-electron chi connectivity index (χ3n) is 2.07. The van der Waals surface area contributed by atoms with Crippen LogP contribution < -0.4 is 0 Å². The predicted octanol–water partition coefficient (Wildman–Crippen LogP) is 1.31. The molecule has 0 spiro atoms. The van der Waals surface area contributed by atoms with E-state index in [1.54, 1.807) is 0 Å². The maximum atomic E-state index is 4.24. The Morgan fingerprint density at radius 2 is 2.40 bits per heavy atom. The summed E-state index contributed by atoms with van der Waals surface area (Å²) in [7, 11) is 0. The van der Waals surface area contributed by atoms with Gasteiger partial charge in [0.1, 0.15) is 12.2 Å². The normalized spacial score (nSPS) is 18.9. The van der Waals surface area contributed by atoms with Crippen LogP contribution in [0, 0.1) is 6.92 Å². The maximum Gasteiger partial charge on any atom is 0.147 e. The van der Waals surface area contributed by atoms with E-state index in [0.717, 1.165) is 5.82 Å². The number of hydrogen-bond donors (Lipinski definition) is 0. The first-order valence-corrected chi connectivity index (χ1v) is 3.74. The van der Waals surface area contributed by atoms with Crippen molar-refractivity contribution in [1.82, 2.24) is 14.8 Å². The van der Waals surface area contributed by atoms with Gasteiger partial charge in [-0.25, -0.2) is 9.67 Å². The standard InChI is InChI=1S/C7H11N3/c1-6-8-5-10(9-6)7-3-2-4-7/h5,7H,2-4H2,1H3. The van der Waals surface area contributed by atoms with Crippen LogP contribution in [0.4, 0.5) is 0 Å². The van der Waals surface area contributed by atoms with Crippen molar-refractivity contribution in [3.05, 3.63) is 12.2 Å². The van der Waals surface area contributed by atoms with E-state index in [9.17, 15) is 0 Å². The molecule has 3 heteroatoms. The van der Waals surface area contributed by atoms with Crippen LogP contribution in [-0.4, -0.2) is 14.8 Å². The fourth-order valence-electron chi connectivity index (χ4n) is 1.19. The molecule has 0 N–H and O–H groups in total. The van der Waals surface area contributed by atoms with Gasteiger partial charge in [-0.05, 0) is 26.2 Å². The average molecular weight is 137 g/mol. The lowest BCUT2D eigenvalue weighted by Gasteiger charge is -2.24. The third-order valence-corrected chi connectivity index (χ3v) is 2.07. The van der Waals surface area contributed by atoms with Crippen molar-refractivity contribution in [2.45, 2.75) is 32.2 Å². The Balaban J connectivity index is 2.17. The second-order valence-corrected chi connectivity index (χ2v) is 2.86. The summed E-state index contributed by atoms with van der Waals surface area (Å²) < 4.78 is 1.98. The van der Waals surface area contributed by atoms with Crippen molar-refractivity contribution < 1.29 is 0 Å². The van der Waals surface area contributed by atoms with Crippen molar-refractivity contribution in [2.75, 3.05) is 0 Å².